The van der Waals surface area contributed by atoms with Crippen LogP contribution in [0.25, 0.3) is 0 Å². The smallest absolute Gasteiger partial charge is 0.0865 e. The molecule has 0 aliphatic carbocycles. The topological polar surface area (TPSA) is 35.2 Å². The van der Waals surface area contributed by atoms with Crippen molar-refractivity contribution in [1.29, 1.82) is 0 Å². The molecule has 166 valence electrons. The molecule has 0 radical (unpaired) electrons. The highest BCUT2D eigenvalue weighted by molar-refractivity contribution is 5.85. The number of halogens is 1. The molecule has 0 amide bonds. The second kappa shape index (κ2) is 20.9. The molecule has 0 saturated carbocycles. The van der Waals surface area contributed by atoms with Crippen LogP contribution in [0, 0.1) is 5.92 Å². The highest BCUT2D eigenvalue weighted by Crippen LogP contribution is 2.30. The van der Waals surface area contributed by atoms with Crippen LogP contribution in [0.3, 0.4) is 0 Å². The third kappa shape index (κ3) is 18.0. The molecule has 0 heterocycles. The fourth-order valence-electron chi connectivity index (χ4n) is 3.99. The maximum absolute atomic E-state index is 5.60. The molecule has 0 aromatic carbocycles. The van der Waals surface area contributed by atoms with Gasteiger partial charge in [-0.05, 0) is 32.6 Å². The van der Waals surface area contributed by atoms with Crippen molar-refractivity contribution in [2.75, 3.05) is 0 Å². The quantitative estimate of drug-likeness (QED) is 0.162. The van der Waals surface area contributed by atoms with Crippen LogP contribution in [0.15, 0.2) is 0 Å². The molecule has 0 aliphatic heterocycles. The van der Waals surface area contributed by atoms with E-state index in [4.69, 9.17) is 10.7 Å². The molecule has 0 spiro atoms. The molecule has 0 unspecified atom stereocenters. The van der Waals surface area contributed by atoms with Crippen LogP contribution in [0.2, 0.25) is 0 Å². The molecule has 0 aromatic rings. The third-order valence-electron chi connectivity index (χ3n) is 6.10. The van der Waals surface area contributed by atoms with E-state index < -0.39 is 0 Å². The van der Waals surface area contributed by atoms with Gasteiger partial charge in [-0.25, -0.2) is 5.90 Å². The van der Waals surface area contributed by atoms with Crippen molar-refractivity contribution in [3.05, 3.63) is 0 Å². The molecule has 0 rings (SSSR count). The Hall–Kier alpha value is 0.210. The van der Waals surface area contributed by atoms with Gasteiger partial charge < -0.3 is 0 Å². The molecule has 2 nitrogen and oxygen atoms in total. The van der Waals surface area contributed by atoms with Gasteiger partial charge in [-0.2, -0.15) is 0 Å². The minimum Gasteiger partial charge on any atom is -0.298 e. The Morgan fingerprint density at radius 2 is 0.889 bits per heavy atom. The highest BCUT2D eigenvalue weighted by Gasteiger charge is 2.29. The van der Waals surface area contributed by atoms with Gasteiger partial charge in [-0.15, -0.1) is 12.4 Å². The lowest BCUT2D eigenvalue weighted by Gasteiger charge is -2.32. The molecule has 0 atom stereocenters. The van der Waals surface area contributed by atoms with Gasteiger partial charge in [0.2, 0.25) is 0 Å². The summed E-state index contributed by atoms with van der Waals surface area (Å²) in [5.74, 6) is 6.21. The fourth-order valence-corrected chi connectivity index (χ4v) is 3.99. The van der Waals surface area contributed by atoms with Gasteiger partial charge in [-0.3, -0.25) is 4.84 Å². The van der Waals surface area contributed by atoms with Crippen molar-refractivity contribution < 1.29 is 4.84 Å². The van der Waals surface area contributed by atoms with Crippen molar-refractivity contribution in [3.63, 3.8) is 0 Å². The van der Waals surface area contributed by atoms with Crippen LogP contribution in [0.4, 0.5) is 0 Å². The molecule has 0 saturated heterocycles. The SMILES string of the molecule is CCCCCCCCCCC(CCCCCCCCCC)C(C)(C)ON.Cl. The van der Waals surface area contributed by atoms with E-state index in [0.29, 0.717) is 5.92 Å². The lowest BCUT2D eigenvalue weighted by atomic mass is 9.82. The first-order valence-electron chi connectivity index (χ1n) is 12.0. The van der Waals surface area contributed by atoms with E-state index in [1.54, 1.807) is 0 Å². The second-order valence-corrected chi connectivity index (χ2v) is 8.95. The van der Waals surface area contributed by atoms with Gasteiger partial charge in [0.05, 0.1) is 5.60 Å². The Morgan fingerprint density at radius 3 is 1.19 bits per heavy atom. The van der Waals surface area contributed by atoms with Crippen molar-refractivity contribution in [1.82, 2.24) is 0 Å². The van der Waals surface area contributed by atoms with E-state index in [1.165, 1.54) is 116 Å². The predicted octanol–water partition coefficient (Wildman–Crippen LogP) is 8.75. The maximum Gasteiger partial charge on any atom is 0.0865 e. The molecule has 27 heavy (non-hydrogen) atoms. The molecule has 3 heteroatoms. The Bertz CT molecular complexity index is 264. The van der Waals surface area contributed by atoms with Gasteiger partial charge in [0.25, 0.3) is 0 Å². The zero-order valence-electron chi connectivity index (χ0n) is 19.2. The largest absolute Gasteiger partial charge is 0.298 e. The summed E-state index contributed by atoms with van der Waals surface area (Å²) in [6.07, 6.45) is 24.8. The minimum absolute atomic E-state index is 0. The zero-order chi connectivity index (χ0) is 19.5. The summed E-state index contributed by atoms with van der Waals surface area (Å²) in [4.78, 5) is 5.34. The summed E-state index contributed by atoms with van der Waals surface area (Å²) in [6.45, 7) is 8.92. The van der Waals surface area contributed by atoms with Gasteiger partial charge in [0.1, 0.15) is 0 Å². The van der Waals surface area contributed by atoms with Crippen LogP contribution in [0.5, 0.6) is 0 Å². The number of nitrogens with two attached hydrogens (primary N) is 1. The Kier molecular flexibility index (Phi) is 22.8. The molecule has 0 aliphatic rings. The summed E-state index contributed by atoms with van der Waals surface area (Å²) in [5.41, 5.74) is -0.178. The molecule has 0 bridgehead atoms. The average molecular weight is 406 g/mol. The van der Waals surface area contributed by atoms with Crippen molar-refractivity contribution in [2.45, 2.75) is 149 Å². The van der Waals surface area contributed by atoms with E-state index in [9.17, 15) is 0 Å². The van der Waals surface area contributed by atoms with Gasteiger partial charge in [-0.1, -0.05) is 117 Å². The van der Waals surface area contributed by atoms with E-state index in [1.807, 2.05) is 0 Å². The van der Waals surface area contributed by atoms with Crippen LogP contribution >= 0.6 is 12.4 Å². The first-order valence-corrected chi connectivity index (χ1v) is 12.0. The number of hydrogen-bond donors (Lipinski definition) is 1. The van der Waals surface area contributed by atoms with Gasteiger partial charge in [0.15, 0.2) is 0 Å². The van der Waals surface area contributed by atoms with Crippen molar-refractivity contribution in [2.24, 2.45) is 11.8 Å². The average Bonchev–Trinajstić information content (AvgIpc) is 2.64. The zero-order valence-corrected chi connectivity index (χ0v) is 20.0. The first kappa shape index (κ1) is 29.4. The molecule has 2 N–H and O–H groups in total. The van der Waals surface area contributed by atoms with Gasteiger partial charge in [0, 0.05) is 0 Å². The van der Waals surface area contributed by atoms with Gasteiger partial charge >= 0.3 is 0 Å². The minimum atomic E-state index is -0.178. The lowest BCUT2D eigenvalue weighted by molar-refractivity contribution is -0.0687. The fraction of sp³-hybridized carbons (Fsp3) is 1.00. The molecule has 0 fully saturated rings. The van der Waals surface area contributed by atoms with Crippen molar-refractivity contribution in [3.8, 4) is 0 Å². The number of unbranched alkanes of at least 4 members (excludes halogenated alkanes) is 14. The summed E-state index contributed by atoms with van der Waals surface area (Å²) < 4.78 is 0. The van der Waals surface area contributed by atoms with Crippen LogP contribution in [0.1, 0.15) is 143 Å². The maximum atomic E-state index is 5.60. The Balaban J connectivity index is 0. The molecular formula is C24H52ClNO. The molecular weight excluding hydrogens is 354 g/mol. The summed E-state index contributed by atoms with van der Waals surface area (Å²) in [7, 11) is 0. The third-order valence-corrected chi connectivity index (χ3v) is 6.10. The lowest BCUT2D eigenvalue weighted by Crippen LogP contribution is -2.37. The van der Waals surface area contributed by atoms with E-state index in [-0.39, 0.29) is 18.0 Å². The monoisotopic (exact) mass is 405 g/mol. The standard InChI is InChI=1S/C24H51NO.ClH/c1-5-7-9-11-13-15-17-19-21-23(24(3,4)26-25)22-20-18-16-14-12-10-8-6-2;/h23H,5-22,25H2,1-4H3;1H. The molecule has 0 aromatic heterocycles. The highest BCUT2D eigenvalue weighted by atomic mass is 35.5. The summed E-state index contributed by atoms with van der Waals surface area (Å²) in [5, 5.41) is 0. The Morgan fingerprint density at radius 1 is 0.593 bits per heavy atom. The Labute approximate surface area is 178 Å². The van der Waals surface area contributed by atoms with Crippen LogP contribution < -0.4 is 5.90 Å². The van der Waals surface area contributed by atoms with Crippen LogP contribution in [-0.4, -0.2) is 5.60 Å². The van der Waals surface area contributed by atoms with E-state index in [2.05, 4.69) is 27.7 Å². The van der Waals surface area contributed by atoms with Crippen molar-refractivity contribution >= 4 is 12.4 Å². The predicted molar refractivity (Wildman–Crippen MR) is 125 cm³/mol. The first-order chi connectivity index (χ1) is 12.6. The normalized spacial score (nSPS) is 11.8. The summed E-state index contributed by atoms with van der Waals surface area (Å²) >= 11 is 0. The number of hydrogen-bond acceptors (Lipinski definition) is 2. The summed E-state index contributed by atoms with van der Waals surface area (Å²) in [6, 6.07) is 0. The van der Waals surface area contributed by atoms with Crippen LogP contribution in [-0.2, 0) is 4.84 Å². The van der Waals surface area contributed by atoms with E-state index >= 15 is 0 Å². The van der Waals surface area contributed by atoms with E-state index in [0.717, 1.165) is 0 Å². The second-order valence-electron chi connectivity index (χ2n) is 8.95. The number of rotatable bonds is 20.